The molecule has 0 aromatic heterocycles. The van der Waals surface area contributed by atoms with Gasteiger partial charge in [0.1, 0.15) is 11.6 Å². The van der Waals surface area contributed by atoms with Crippen LogP contribution in [0.1, 0.15) is 54.9 Å². The Labute approximate surface area is 156 Å². The van der Waals surface area contributed by atoms with Crippen LogP contribution in [-0.4, -0.2) is 49.4 Å². The van der Waals surface area contributed by atoms with Crippen LogP contribution in [0.2, 0.25) is 0 Å². The van der Waals surface area contributed by atoms with Gasteiger partial charge in [0, 0.05) is 6.54 Å². The van der Waals surface area contributed by atoms with Gasteiger partial charge in [0.25, 0.3) is 0 Å². The smallest absolute Gasteiger partial charge is 0.407 e. The average Bonchev–Trinajstić information content (AvgIpc) is 2.47. The zero-order valence-corrected chi connectivity index (χ0v) is 17.3. The molecule has 8 heteroatoms. The second kappa shape index (κ2) is 10.9. The van der Waals surface area contributed by atoms with Crippen LogP contribution in [0.5, 0.6) is 0 Å². The molecular formula is C18H35N3O5. The van der Waals surface area contributed by atoms with Gasteiger partial charge in [-0.25, -0.2) is 9.59 Å². The van der Waals surface area contributed by atoms with Gasteiger partial charge in [-0.2, -0.15) is 0 Å². The Morgan fingerprint density at radius 2 is 1.54 bits per heavy atom. The van der Waals surface area contributed by atoms with Crippen molar-refractivity contribution in [2.75, 3.05) is 13.7 Å². The van der Waals surface area contributed by atoms with E-state index in [0.29, 0.717) is 6.42 Å². The highest BCUT2D eigenvalue weighted by molar-refractivity contribution is 5.85. The predicted octanol–water partition coefficient (Wildman–Crippen LogP) is 2.42. The van der Waals surface area contributed by atoms with E-state index in [1.807, 2.05) is 27.7 Å². The van der Waals surface area contributed by atoms with E-state index in [9.17, 15) is 14.4 Å². The molecule has 8 nitrogen and oxygen atoms in total. The summed E-state index contributed by atoms with van der Waals surface area (Å²) >= 11 is 0. The van der Waals surface area contributed by atoms with Crippen molar-refractivity contribution in [3.8, 4) is 0 Å². The normalized spacial score (nSPS) is 13.8. The molecule has 0 fully saturated rings. The zero-order valence-electron chi connectivity index (χ0n) is 17.3. The fraction of sp³-hybridized carbons (Fsp3) is 0.833. The Bertz CT molecular complexity index is 472. The summed E-state index contributed by atoms with van der Waals surface area (Å²) < 4.78 is 9.83. The van der Waals surface area contributed by atoms with Gasteiger partial charge in [0.2, 0.25) is 5.91 Å². The third kappa shape index (κ3) is 10.8. The van der Waals surface area contributed by atoms with Crippen LogP contribution >= 0.6 is 0 Å². The molecular weight excluding hydrogens is 338 g/mol. The van der Waals surface area contributed by atoms with E-state index in [0.717, 1.165) is 0 Å². The van der Waals surface area contributed by atoms with E-state index in [1.165, 1.54) is 7.11 Å². The van der Waals surface area contributed by atoms with E-state index in [1.54, 1.807) is 20.8 Å². The zero-order chi connectivity index (χ0) is 20.5. The maximum absolute atomic E-state index is 12.4. The lowest BCUT2D eigenvalue weighted by atomic mass is 10.0. The number of amides is 3. The number of rotatable bonds is 8. The van der Waals surface area contributed by atoms with Crippen molar-refractivity contribution in [3.63, 3.8) is 0 Å². The summed E-state index contributed by atoms with van der Waals surface area (Å²) in [5.74, 6) is -0.0237. The number of hydrogen-bond acceptors (Lipinski definition) is 5. The number of nitrogens with one attached hydrogen (secondary N) is 3. The van der Waals surface area contributed by atoms with Gasteiger partial charge in [-0.3, -0.25) is 4.79 Å². The SMILES string of the molecule is COC(=O)N[C@H](CC(C)C)C(=O)NC[C@H](NC(=O)OC(C)(C)C)C(C)C. The maximum Gasteiger partial charge on any atom is 0.407 e. The van der Waals surface area contributed by atoms with Crippen molar-refractivity contribution in [2.45, 2.75) is 72.6 Å². The Balaban J connectivity index is 4.79. The van der Waals surface area contributed by atoms with Crippen LogP contribution < -0.4 is 16.0 Å². The molecule has 0 aliphatic carbocycles. The standard InChI is InChI=1S/C18H35N3O5/c1-11(2)9-13(20-16(23)25-8)15(22)19-10-14(12(3)4)21-17(24)26-18(5,6)7/h11-14H,9-10H2,1-8H3,(H,19,22)(H,20,23)(H,21,24)/t13-,14+/m1/s1. The lowest BCUT2D eigenvalue weighted by Crippen LogP contribution is -2.52. The molecule has 0 aliphatic rings. The number of hydrogen-bond donors (Lipinski definition) is 3. The minimum Gasteiger partial charge on any atom is -0.453 e. The van der Waals surface area contributed by atoms with Crippen molar-refractivity contribution in [2.24, 2.45) is 11.8 Å². The number of carbonyl (C=O) groups is 3. The van der Waals surface area contributed by atoms with Crippen LogP contribution in [0, 0.1) is 11.8 Å². The van der Waals surface area contributed by atoms with Crippen molar-refractivity contribution >= 4 is 18.1 Å². The molecule has 0 aromatic carbocycles. The van der Waals surface area contributed by atoms with Crippen LogP contribution in [0.4, 0.5) is 9.59 Å². The fourth-order valence-corrected chi connectivity index (χ4v) is 2.15. The van der Waals surface area contributed by atoms with E-state index in [-0.39, 0.29) is 30.3 Å². The lowest BCUT2D eigenvalue weighted by molar-refractivity contribution is -0.123. The first-order valence-electron chi connectivity index (χ1n) is 8.97. The van der Waals surface area contributed by atoms with Gasteiger partial charge in [-0.15, -0.1) is 0 Å². The molecule has 3 amide bonds. The monoisotopic (exact) mass is 373 g/mol. The Morgan fingerprint density at radius 3 is 1.96 bits per heavy atom. The molecule has 0 spiro atoms. The summed E-state index contributed by atoms with van der Waals surface area (Å²) in [4.78, 5) is 35.9. The molecule has 0 saturated carbocycles. The third-order valence-electron chi connectivity index (χ3n) is 3.50. The highest BCUT2D eigenvalue weighted by atomic mass is 16.6. The molecule has 0 saturated heterocycles. The molecule has 0 unspecified atom stereocenters. The molecule has 0 bridgehead atoms. The van der Waals surface area contributed by atoms with E-state index in [4.69, 9.17) is 4.74 Å². The quantitative estimate of drug-likeness (QED) is 0.606. The van der Waals surface area contributed by atoms with Gasteiger partial charge in [0.15, 0.2) is 0 Å². The molecule has 0 aromatic rings. The number of ether oxygens (including phenoxy) is 2. The number of carbonyl (C=O) groups excluding carboxylic acids is 3. The summed E-state index contributed by atoms with van der Waals surface area (Å²) in [6.45, 7) is 13.4. The van der Waals surface area contributed by atoms with Crippen LogP contribution in [0.15, 0.2) is 0 Å². The van der Waals surface area contributed by atoms with Gasteiger partial charge in [0.05, 0.1) is 13.2 Å². The van der Waals surface area contributed by atoms with Crippen molar-refractivity contribution < 1.29 is 23.9 Å². The van der Waals surface area contributed by atoms with Gasteiger partial charge < -0.3 is 25.4 Å². The molecule has 0 radical (unpaired) electrons. The molecule has 0 heterocycles. The number of alkyl carbamates (subject to hydrolysis) is 2. The first kappa shape index (κ1) is 24.0. The van der Waals surface area contributed by atoms with Crippen molar-refractivity contribution in [1.82, 2.24) is 16.0 Å². The van der Waals surface area contributed by atoms with Crippen molar-refractivity contribution in [1.29, 1.82) is 0 Å². The highest BCUT2D eigenvalue weighted by Gasteiger charge is 2.25. The Morgan fingerprint density at radius 1 is 0.962 bits per heavy atom. The van der Waals surface area contributed by atoms with Crippen LogP contribution in [-0.2, 0) is 14.3 Å². The van der Waals surface area contributed by atoms with E-state index in [2.05, 4.69) is 20.7 Å². The minimum absolute atomic E-state index is 0.0833. The van der Waals surface area contributed by atoms with Gasteiger partial charge >= 0.3 is 12.2 Å². The second-order valence-electron chi connectivity index (χ2n) is 8.06. The summed E-state index contributed by atoms with van der Waals surface area (Å²) in [6, 6.07) is -0.997. The lowest BCUT2D eigenvalue weighted by Gasteiger charge is -2.27. The third-order valence-corrected chi connectivity index (χ3v) is 3.50. The predicted molar refractivity (Wildman–Crippen MR) is 99.8 cm³/mol. The molecule has 26 heavy (non-hydrogen) atoms. The first-order chi connectivity index (χ1) is 11.9. The van der Waals surface area contributed by atoms with E-state index < -0.39 is 23.8 Å². The summed E-state index contributed by atoms with van der Waals surface area (Å²) in [7, 11) is 1.25. The average molecular weight is 373 g/mol. The topological polar surface area (TPSA) is 106 Å². The molecule has 152 valence electrons. The Hall–Kier alpha value is -1.99. The van der Waals surface area contributed by atoms with Crippen LogP contribution in [0.25, 0.3) is 0 Å². The summed E-state index contributed by atoms with van der Waals surface area (Å²) in [5, 5.41) is 8.10. The summed E-state index contributed by atoms with van der Waals surface area (Å²) in [5.41, 5.74) is -0.596. The van der Waals surface area contributed by atoms with Crippen molar-refractivity contribution in [3.05, 3.63) is 0 Å². The maximum atomic E-state index is 12.4. The molecule has 2 atom stereocenters. The Kier molecular flexibility index (Phi) is 10.0. The van der Waals surface area contributed by atoms with E-state index >= 15 is 0 Å². The molecule has 0 aliphatic heterocycles. The minimum atomic E-state index is -0.697. The highest BCUT2D eigenvalue weighted by Crippen LogP contribution is 2.09. The molecule has 3 N–H and O–H groups in total. The number of methoxy groups -OCH3 is 1. The first-order valence-corrected chi connectivity index (χ1v) is 8.97. The van der Waals surface area contributed by atoms with Gasteiger partial charge in [-0.05, 0) is 39.0 Å². The molecule has 0 rings (SSSR count). The van der Waals surface area contributed by atoms with Gasteiger partial charge in [-0.1, -0.05) is 27.7 Å². The largest absolute Gasteiger partial charge is 0.453 e. The second-order valence-corrected chi connectivity index (χ2v) is 8.06. The fourth-order valence-electron chi connectivity index (χ4n) is 2.15. The van der Waals surface area contributed by atoms with Crippen LogP contribution in [0.3, 0.4) is 0 Å². The summed E-state index contributed by atoms with van der Waals surface area (Å²) in [6.07, 6.45) is -0.706.